The second-order valence-corrected chi connectivity index (χ2v) is 10.7. The average molecular weight is 468 g/mol. The van der Waals surface area contributed by atoms with Gasteiger partial charge in [-0.3, -0.25) is 0 Å². The van der Waals surface area contributed by atoms with Crippen LogP contribution in [0.2, 0.25) is 0 Å². The molecule has 1 unspecified atom stereocenters. The molecule has 0 aromatic heterocycles. The first-order valence-corrected chi connectivity index (χ1v) is 12.7. The fourth-order valence-electron chi connectivity index (χ4n) is 4.55. The highest BCUT2D eigenvalue weighted by Crippen LogP contribution is 2.65. The number of hydrogen-bond donors (Lipinski definition) is 0. The van der Waals surface area contributed by atoms with Gasteiger partial charge < -0.3 is 18.8 Å². The van der Waals surface area contributed by atoms with Gasteiger partial charge in [-0.15, -0.1) is 0 Å². The second-order valence-electron chi connectivity index (χ2n) is 8.01. The van der Waals surface area contributed by atoms with E-state index in [1.165, 1.54) is 0 Å². The van der Waals surface area contributed by atoms with Gasteiger partial charge in [0.2, 0.25) is 0 Å². The zero-order valence-electron chi connectivity index (χ0n) is 19.3. The molecule has 1 aliphatic heterocycles. The lowest BCUT2D eigenvalue weighted by Gasteiger charge is -2.20. The van der Waals surface area contributed by atoms with Crippen molar-refractivity contribution in [2.45, 2.75) is 0 Å². The molecule has 0 spiro atoms. The van der Waals surface area contributed by atoms with Crippen molar-refractivity contribution in [2.75, 3.05) is 21.3 Å². The Morgan fingerprint density at radius 2 is 1.03 bits per heavy atom. The third-order valence-corrected chi connectivity index (χ3v) is 9.45. The van der Waals surface area contributed by atoms with Gasteiger partial charge in [-0.25, -0.2) is 0 Å². The highest BCUT2D eigenvalue weighted by Gasteiger charge is 2.43. The minimum absolute atomic E-state index is 0.730. The molecule has 5 heteroatoms. The van der Waals surface area contributed by atoms with E-state index in [-0.39, 0.29) is 0 Å². The van der Waals surface area contributed by atoms with Gasteiger partial charge in [0, 0.05) is 21.5 Å². The van der Waals surface area contributed by atoms with Gasteiger partial charge in [-0.1, -0.05) is 48.5 Å². The normalized spacial score (nSPS) is 16.8. The van der Waals surface area contributed by atoms with E-state index < -0.39 is 7.14 Å². The molecule has 0 bridgehead atoms. The zero-order chi connectivity index (χ0) is 23.7. The number of methoxy groups -OCH3 is 3. The van der Waals surface area contributed by atoms with E-state index in [2.05, 4.69) is 6.07 Å². The number of hydrogen-bond acceptors (Lipinski definition) is 4. The Morgan fingerprint density at radius 1 is 0.559 bits per heavy atom. The summed E-state index contributed by atoms with van der Waals surface area (Å²) in [4.78, 5) is 0. The number of fused-ring (bicyclic) bond motifs is 1. The Hall–Kier alpha value is -3.75. The molecule has 4 aromatic carbocycles. The first-order valence-electron chi connectivity index (χ1n) is 11.0. The van der Waals surface area contributed by atoms with Crippen LogP contribution in [0, 0.1) is 0 Å². The molecule has 34 heavy (non-hydrogen) atoms. The summed E-state index contributed by atoms with van der Waals surface area (Å²) in [5, 5.41) is 2.44. The van der Waals surface area contributed by atoms with Crippen molar-refractivity contribution < 1.29 is 18.8 Å². The summed E-state index contributed by atoms with van der Waals surface area (Å²) in [6, 6.07) is 31.3. The molecule has 4 nitrogen and oxygen atoms in total. The lowest BCUT2D eigenvalue weighted by Crippen LogP contribution is -2.15. The highest BCUT2D eigenvalue weighted by molar-refractivity contribution is 7.88. The quantitative estimate of drug-likeness (QED) is 0.328. The molecular weight excluding hydrogens is 443 g/mol. The van der Waals surface area contributed by atoms with Gasteiger partial charge in [0.05, 0.1) is 21.3 Å². The summed E-state index contributed by atoms with van der Waals surface area (Å²) < 4.78 is 31.4. The number of rotatable bonds is 6. The minimum Gasteiger partial charge on any atom is -0.497 e. The van der Waals surface area contributed by atoms with Gasteiger partial charge in [-0.05, 0) is 65.2 Å². The Labute approximate surface area is 199 Å². The Bertz CT molecular complexity index is 1400. The molecule has 0 N–H and O–H groups in total. The summed E-state index contributed by atoms with van der Waals surface area (Å²) >= 11 is 0. The van der Waals surface area contributed by atoms with Gasteiger partial charge in [-0.2, -0.15) is 0 Å². The van der Waals surface area contributed by atoms with E-state index in [1.807, 2.05) is 91.0 Å². The van der Waals surface area contributed by atoms with E-state index in [0.29, 0.717) is 0 Å². The van der Waals surface area contributed by atoms with Crippen molar-refractivity contribution in [3.63, 3.8) is 0 Å². The summed E-state index contributed by atoms with van der Waals surface area (Å²) in [6.07, 6.45) is 0. The van der Waals surface area contributed by atoms with E-state index in [9.17, 15) is 0 Å². The number of benzene rings is 4. The van der Waals surface area contributed by atoms with Gasteiger partial charge in [0.25, 0.3) is 0 Å². The SMILES string of the molecule is COc1ccc(C2=C(c3ccc(OC)cc3)P(=O)(c3ccc(OC)cc3)c3ccccc32)cc1. The van der Waals surface area contributed by atoms with Crippen LogP contribution < -0.4 is 24.8 Å². The molecule has 1 heterocycles. The van der Waals surface area contributed by atoms with Crippen LogP contribution in [0.4, 0.5) is 0 Å². The third kappa shape index (κ3) is 3.52. The van der Waals surface area contributed by atoms with Gasteiger partial charge in [0.1, 0.15) is 17.2 Å². The van der Waals surface area contributed by atoms with Crippen molar-refractivity contribution >= 4 is 28.6 Å². The maximum Gasteiger partial charge on any atom is 0.172 e. The zero-order valence-corrected chi connectivity index (χ0v) is 20.2. The molecule has 1 atom stereocenters. The van der Waals surface area contributed by atoms with Gasteiger partial charge in [0.15, 0.2) is 7.14 Å². The van der Waals surface area contributed by atoms with Gasteiger partial charge >= 0.3 is 0 Å². The molecule has 0 saturated heterocycles. The van der Waals surface area contributed by atoms with Crippen LogP contribution in [-0.4, -0.2) is 21.3 Å². The van der Waals surface area contributed by atoms with Crippen molar-refractivity contribution in [2.24, 2.45) is 0 Å². The molecule has 5 rings (SSSR count). The molecule has 0 radical (unpaired) electrons. The van der Waals surface area contributed by atoms with Crippen molar-refractivity contribution in [1.82, 2.24) is 0 Å². The monoisotopic (exact) mass is 468 g/mol. The van der Waals surface area contributed by atoms with Crippen LogP contribution >= 0.6 is 7.14 Å². The van der Waals surface area contributed by atoms with Crippen molar-refractivity contribution in [3.8, 4) is 17.2 Å². The summed E-state index contributed by atoms with van der Waals surface area (Å²) in [6.45, 7) is 0. The molecule has 170 valence electrons. The van der Waals surface area contributed by atoms with Crippen molar-refractivity contribution in [3.05, 3.63) is 114 Å². The van der Waals surface area contributed by atoms with Crippen LogP contribution in [0.1, 0.15) is 16.7 Å². The van der Waals surface area contributed by atoms with Crippen LogP contribution in [0.5, 0.6) is 17.2 Å². The topological polar surface area (TPSA) is 44.8 Å². The van der Waals surface area contributed by atoms with Crippen LogP contribution in [-0.2, 0) is 4.57 Å². The largest absolute Gasteiger partial charge is 0.497 e. The Morgan fingerprint density at radius 3 is 1.56 bits per heavy atom. The molecule has 0 fully saturated rings. The fourth-order valence-corrected chi connectivity index (χ4v) is 7.80. The van der Waals surface area contributed by atoms with Crippen LogP contribution in [0.3, 0.4) is 0 Å². The van der Waals surface area contributed by atoms with E-state index in [0.717, 1.165) is 55.4 Å². The predicted molar refractivity (Wildman–Crippen MR) is 138 cm³/mol. The Balaban J connectivity index is 1.84. The van der Waals surface area contributed by atoms with Crippen molar-refractivity contribution in [1.29, 1.82) is 0 Å². The number of ether oxygens (including phenoxy) is 3. The minimum atomic E-state index is -3.19. The molecule has 0 aliphatic carbocycles. The summed E-state index contributed by atoms with van der Waals surface area (Å²) in [5.74, 6) is 2.26. The first kappa shape index (κ1) is 22.1. The Kier molecular flexibility index (Phi) is 5.77. The predicted octanol–water partition coefficient (Wildman–Crippen LogP) is 5.96. The van der Waals surface area contributed by atoms with E-state index in [1.54, 1.807) is 21.3 Å². The summed E-state index contributed by atoms with van der Waals surface area (Å²) in [5.41, 5.74) is 3.85. The first-order chi connectivity index (χ1) is 16.6. The van der Waals surface area contributed by atoms with E-state index in [4.69, 9.17) is 14.2 Å². The maximum atomic E-state index is 15.3. The highest BCUT2D eigenvalue weighted by atomic mass is 31.2. The second kappa shape index (κ2) is 8.89. The molecule has 1 aliphatic rings. The van der Waals surface area contributed by atoms with Crippen LogP contribution in [0.25, 0.3) is 10.9 Å². The molecule has 4 aromatic rings. The molecule has 0 amide bonds. The fraction of sp³-hybridized carbons (Fsp3) is 0.103. The smallest absolute Gasteiger partial charge is 0.172 e. The lowest BCUT2D eigenvalue weighted by molar-refractivity contribution is 0.414. The lowest BCUT2D eigenvalue weighted by atomic mass is 9.95. The third-order valence-electron chi connectivity index (χ3n) is 6.24. The maximum absolute atomic E-state index is 15.3. The summed E-state index contributed by atoms with van der Waals surface area (Å²) in [7, 11) is 1.74. The van der Waals surface area contributed by atoms with E-state index >= 15 is 4.57 Å². The average Bonchev–Trinajstić information content (AvgIpc) is 3.18. The standard InChI is InChI=1S/C29H25O4P/c1-31-22-12-8-20(9-13-22)28-26-6-4-5-7-27(26)34(30,25-18-16-24(33-3)17-19-25)29(28)21-10-14-23(32-2)15-11-21/h4-19H,1-3H3. The molecule has 0 saturated carbocycles. The van der Waals surface area contributed by atoms with Crippen LogP contribution in [0.15, 0.2) is 97.1 Å². The molecular formula is C29H25O4P.